The van der Waals surface area contributed by atoms with E-state index in [1.54, 1.807) is 0 Å². The van der Waals surface area contributed by atoms with Gasteiger partial charge in [-0.2, -0.15) is 0 Å². The van der Waals surface area contributed by atoms with Crippen molar-refractivity contribution in [2.45, 2.75) is 33.4 Å². The first-order valence-corrected chi connectivity index (χ1v) is 6.64. The van der Waals surface area contributed by atoms with E-state index < -0.39 is 0 Å². The lowest BCUT2D eigenvalue weighted by Gasteiger charge is -2.11. The number of para-hydroxylation sites is 1. The van der Waals surface area contributed by atoms with Gasteiger partial charge in [-0.15, -0.1) is 6.58 Å². The minimum Gasteiger partial charge on any atom is -0.343 e. The third kappa shape index (κ3) is 2.82. The van der Waals surface area contributed by atoms with Gasteiger partial charge in [0.15, 0.2) is 0 Å². The Morgan fingerprint density at radius 2 is 2.11 bits per heavy atom. The molecule has 1 N–H and O–H groups in total. The summed E-state index contributed by atoms with van der Waals surface area (Å²) in [5, 5.41) is 4.74. The number of hydrogen-bond acceptors (Lipinski definition) is 1. The van der Waals surface area contributed by atoms with Gasteiger partial charge >= 0.3 is 0 Å². The Balaban J connectivity index is 2.34. The van der Waals surface area contributed by atoms with Crippen molar-refractivity contribution >= 4 is 10.9 Å². The van der Waals surface area contributed by atoms with Crippen molar-refractivity contribution in [3.05, 3.63) is 48.2 Å². The summed E-state index contributed by atoms with van der Waals surface area (Å²) >= 11 is 0. The molecule has 0 aliphatic carbocycles. The highest BCUT2D eigenvalue weighted by Gasteiger charge is 2.07. The summed E-state index contributed by atoms with van der Waals surface area (Å²) in [6, 6.07) is 10.9. The van der Waals surface area contributed by atoms with Crippen LogP contribution in [0.2, 0.25) is 0 Å². The summed E-state index contributed by atoms with van der Waals surface area (Å²) < 4.78 is 2.41. The van der Waals surface area contributed by atoms with Crippen LogP contribution < -0.4 is 5.32 Å². The number of rotatable bonds is 6. The summed E-state index contributed by atoms with van der Waals surface area (Å²) in [5.74, 6) is 0. The summed E-state index contributed by atoms with van der Waals surface area (Å²) in [6.07, 6.45) is 1.04. The molecule has 0 unspecified atom stereocenters. The van der Waals surface area contributed by atoms with Crippen LogP contribution in [0.1, 0.15) is 26.0 Å². The molecule has 0 spiro atoms. The normalized spacial score (nSPS) is 11.0. The Labute approximate surface area is 109 Å². The number of aryl methyl sites for hydroxylation is 1. The van der Waals surface area contributed by atoms with Gasteiger partial charge in [-0.3, -0.25) is 0 Å². The largest absolute Gasteiger partial charge is 0.343 e. The van der Waals surface area contributed by atoms with Gasteiger partial charge in [0, 0.05) is 24.3 Å². The number of allylic oxidation sites excluding steroid dienone is 1. The lowest BCUT2D eigenvalue weighted by Crippen LogP contribution is -2.15. The molecular weight excluding hydrogens is 220 g/mol. The second-order valence-electron chi connectivity index (χ2n) is 4.83. The zero-order valence-electron chi connectivity index (χ0n) is 11.4. The van der Waals surface area contributed by atoms with Crippen molar-refractivity contribution in [2.24, 2.45) is 0 Å². The van der Waals surface area contributed by atoms with Gasteiger partial charge in [0.05, 0.1) is 0 Å². The van der Waals surface area contributed by atoms with E-state index in [0.717, 1.165) is 26.1 Å². The maximum absolute atomic E-state index is 4.00. The molecule has 2 heteroatoms. The summed E-state index contributed by atoms with van der Waals surface area (Å²) in [4.78, 5) is 0. The quantitative estimate of drug-likeness (QED) is 0.764. The van der Waals surface area contributed by atoms with Crippen molar-refractivity contribution in [1.82, 2.24) is 9.88 Å². The fourth-order valence-corrected chi connectivity index (χ4v) is 2.23. The Bertz CT molecular complexity index is 537. The first-order valence-electron chi connectivity index (χ1n) is 6.64. The molecule has 1 heterocycles. The molecule has 0 aliphatic heterocycles. The zero-order chi connectivity index (χ0) is 13.0. The van der Waals surface area contributed by atoms with Crippen LogP contribution in [-0.4, -0.2) is 11.1 Å². The highest BCUT2D eigenvalue weighted by molar-refractivity contribution is 5.81. The Hall–Kier alpha value is -1.54. The average Bonchev–Trinajstić information content (AvgIpc) is 2.71. The molecule has 1 aromatic carbocycles. The van der Waals surface area contributed by atoms with E-state index in [4.69, 9.17) is 0 Å². The molecule has 0 aliphatic rings. The van der Waals surface area contributed by atoms with Crippen LogP contribution >= 0.6 is 0 Å². The Morgan fingerprint density at radius 1 is 1.33 bits per heavy atom. The smallest absolute Gasteiger partial charge is 0.0483 e. The first-order chi connectivity index (χ1) is 8.72. The molecule has 0 atom stereocenters. The first kappa shape index (κ1) is 12.9. The second kappa shape index (κ2) is 5.87. The van der Waals surface area contributed by atoms with E-state index in [-0.39, 0.29) is 0 Å². The minimum absolute atomic E-state index is 0.932. The van der Waals surface area contributed by atoms with Crippen LogP contribution in [-0.2, 0) is 13.1 Å². The molecule has 2 rings (SSSR count). The molecule has 96 valence electrons. The van der Waals surface area contributed by atoms with Crippen LogP contribution in [0.5, 0.6) is 0 Å². The van der Waals surface area contributed by atoms with Gasteiger partial charge in [0.1, 0.15) is 0 Å². The highest BCUT2D eigenvalue weighted by atomic mass is 15.0. The molecule has 0 amide bonds. The van der Waals surface area contributed by atoms with E-state index in [0.29, 0.717) is 0 Å². The zero-order valence-corrected chi connectivity index (χ0v) is 11.4. The second-order valence-corrected chi connectivity index (χ2v) is 4.83. The van der Waals surface area contributed by atoms with Gasteiger partial charge in [0.2, 0.25) is 0 Å². The van der Waals surface area contributed by atoms with Gasteiger partial charge in [-0.25, -0.2) is 0 Å². The molecule has 18 heavy (non-hydrogen) atoms. The average molecular weight is 242 g/mol. The number of benzene rings is 1. The van der Waals surface area contributed by atoms with Gasteiger partial charge < -0.3 is 9.88 Å². The van der Waals surface area contributed by atoms with Crippen LogP contribution in [0.25, 0.3) is 10.9 Å². The fraction of sp³-hybridized carbons (Fsp3) is 0.375. The molecule has 2 nitrogen and oxygen atoms in total. The van der Waals surface area contributed by atoms with Crippen LogP contribution in [0.15, 0.2) is 42.5 Å². The highest BCUT2D eigenvalue weighted by Crippen LogP contribution is 2.20. The van der Waals surface area contributed by atoms with Crippen LogP contribution in [0.4, 0.5) is 0 Å². The topological polar surface area (TPSA) is 17.0 Å². The standard InChI is InChI=1S/C16H22N2/c1-4-17-12-15-11-14-7-5-6-8-16(14)18(15)10-9-13(2)3/h5-8,11,17H,2,4,9-10,12H2,1,3H3. The molecule has 0 saturated carbocycles. The molecule has 1 aromatic heterocycles. The van der Waals surface area contributed by atoms with Gasteiger partial charge in [0.25, 0.3) is 0 Å². The predicted octanol–water partition coefficient (Wildman–Crippen LogP) is 3.72. The van der Waals surface area contributed by atoms with E-state index in [2.05, 4.69) is 60.6 Å². The number of aromatic nitrogens is 1. The third-order valence-corrected chi connectivity index (χ3v) is 3.21. The Kier molecular flexibility index (Phi) is 4.21. The van der Waals surface area contributed by atoms with Crippen molar-refractivity contribution in [3.8, 4) is 0 Å². The lowest BCUT2D eigenvalue weighted by atomic mass is 10.2. The van der Waals surface area contributed by atoms with Crippen molar-refractivity contribution in [2.75, 3.05) is 6.54 Å². The lowest BCUT2D eigenvalue weighted by molar-refractivity contribution is 0.632. The molecule has 0 radical (unpaired) electrons. The summed E-state index contributed by atoms with van der Waals surface area (Å²) in [7, 11) is 0. The predicted molar refractivity (Wildman–Crippen MR) is 78.7 cm³/mol. The Morgan fingerprint density at radius 3 is 2.83 bits per heavy atom. The maximum Gasteiger partial charge on any atom is 0.0483 e. The van der Waals surface area contributed by atoms with E-state index >= 15 is 0 Å². The van der Waals surface area contributed by atoms with Crippen molar-refractivity contribution in [1.29, 1.82) is 0 Å². The minimum atomic E-state index is 0.932. The monoisotopic (exact) mass is 242 g/mol. The number of nitrogens with zero attached hydrogens (tertiary/aromatic N) is 1. The molecule has 0 saturated heterocycles. The van der Waals surface area contributed by atoms with E-state index in [1.807, 2.05) is 0 Å². The SMILES string of the molecule is C=C(C)CCn1c(CNCC)cc2ccccc21. The molecule has 0 bridgehead atoms. The van der Waals surface area contributed by atoms with E-state index in [9.17, 15) is 0 Å². The number of nitrogens with one attached hydrogen (secondary N) is 1. The van der Waals surface area contributed by atoms with Crippen LogP contribution in [0.3, 0.4) is 0 Å². The molecule has 0 fully saturated rings. The number of fused-ring (bicyclic) bond motifs is 1. The van der Waals surface area contributed by atoms with Crippen molar-refractivity contribution < 1.29 is 0 Å². The van der Waals surface area contributed by atoms with Crippen molar-refractivity contribution in [3.63, 3.8) is 0 Å². The molecule has 2 aromatic rings. The summed E-state index contributed by atoms with van der Waals surface area (Å²) in [6.45, 7) is 11.2. The van der Waals surface area contributed by atoms with Gasteiger partial charge in [-0.1, -0.05) is 30.7 Å². The fourth-order valence-electron chi connectivity index (χ4n) is 2.23. The van der Waals surface area contributed by atoms with Gasteiger partial charge in [-0.05, 0) is 37.4 Å². The summed E-state index contributed by atoms with van der Waals surface area (Å²) in [5.41, 5.74) is 3.92. The van der Waals surface area contributed by atoms with E-state index in [1.165, 1.54) is 22.2 Å². The van der Waals surface area contributed by atoms with Crippen LogP contribution in [0, 0.1) is 0 Å². The molecular formula is C16H22N2. The number of hydrogen-bond donors (Lipinski definition) is 1. The third-order valence-electron chi connectivity index (χ3n) is 3.21. The maximum atomic E-state index is 4.00.